The number of allylic oxidation sites excluding steroid dienone is 3. The van der Waals surface area contributed by atoms with Gasteiger partial charge in [0, 0.05) is 24.5 Å². The Labute approximate surface area is 147 Å². The fourth-order valence-corrected chi connectivity index (χ4v) is 3.21. The van der Waals surface area contributed by atoms with E-state index in [0.29, 0.717) is 6.54 Å². The van der Waals surface area contributed by atoms with Crippen molar-refractivity contribution in [2.75, 3.05) is 18.0 Å². The SMILES string of the molecule is CCN1C(=O)/C(=C/C=C2C=Cc3cc(C)ccc3N2CC)OC1=S. The van der Waals surface area contributed by atoms with Crippen molar-refractivity contribution in [3.05, 3.63) is 59.0 Å². The van der Waals surface area contributed by atoms with E-state index >= 15 is 0 Å². The van der Waals surface area contributed by atoms with Crippen molar-refractivity contribution in [1.29, 1.82) is 0 Å². The highest BCUT2D eigenvalue weighted by molar-refractivity contribution is 7.80. The fourth-order valence-electron chi connectivity index (χ4n) is 2.90. The van der Waals surface area contributed by atoms with Crippen LogP contribution in [-0.2, 0) is 9.53 Å². The summed E-state index contributed by atoms with van der Waals surface area (Å²) < 4.78 is 5.40. The zero-order chi connectivity index (χ0) is 17.3. The highest BCUT2D eigenvalue weighted by Gasteiger charge is 2.31. The van der Waals surface area contributed by atoms with E-state index in [-0.39, 0.29) is 16.8 Å². The molecule has 0 spiro atoms. The van der Waals surface area contributed by atoms with E-state index in [0.717, 1.165) is 12.2 Å². The van der Waals surface area contributed by atoms with Gasteiger partial charge < -0.3 is 9.64 Å². The molecule has 5 heteroatoms. The number of rotatable bonds is 3. The summed E-state index contributed by atoms with van der Waals surface area (Å²) in [5.41, 5.74) is 4.62. The summed E-state index contributed by atoms with van der Waals surface area (Å²) in [5, 5.41) is 0.222. The van der Waals surface area contributed by atoms with Crippen molar-refractivity contribution in [3.63, 3.8) is 0 Å². The second-order valence-electron chi connectivity index (χ2n) is 5.68. The van der Waals surface area contributed by atoms with E-state index < -0.39 is 0 Å². The third-order valence-corrected chi connectivity index (χ3v) is 4.43. The molecule has 4 nitrogen and oxygen atoms in total. The molecule has 0 saturated carbocycles. The first-order chi connectivity index (χ1) is 11.5. The number of fused-ring (bicyclic) bond motifs is 1. The predicted octanol–water partition coefficient (Wildman–Crippen LogP) is 3.78. The number of thiocarbonyl (C=S) groups is 1. The van der Waals surface area contributed by atoms with E-state index in [9.17, 15) is 4.79 Å². The van der Waals surface area contributed by atoms with Crippen molar-refractivity contribution < 1.29 is 9.53 Å². The molecule has 1 saturated heterocycles. The van der Waals surface area contributed by atoms with Gasteiger partial charge in [-0.3, -0.25) is 9.69 Å². The summed E-state index contributed by atoms with van der Waals surface area (Å²) >= 11 is 5.07. The van der Waals surface area contributed by atoms with Crippen LogP contribution in [0.1, 0.15) is 25.0 Å². The number of anilines is 1. The highest BCUT2D eigenvalue weighted by Crippen LogP contribution is 2.31. The standard InChI is InChI=1S/C19H20N2O2S/c1-4-20-15(8-7-14-12-13(3)6-10-16(14)20)9-11-17-18(22)21(5-2)19(24)23-17/h6-12H,4-5H2,1-3H3/b15-9?,17-11-. The Morgan fingerprint density at radius 1 is 1.12 bits per heavy atom. The number of ether oxygens (including phenoxy) is 1. The number of hydrogen-bond acceptors (Lipinski definition) is 4. The molecule has 0 bridgehead atoms. The minimum absolute atomic E-state index is 0.182. The molecule has 1 aromatic rings. The maximum atomic E-state index is 12.2. The van der Waals surface area contributed by atoms with E-state index in [1.165, 1.54) is 21.7 Å². The lowest BCUT2D eigenvalue weighted by Crippen LogP contribution is -2.27. The average molecular weight is 340 g/mol. The molecule has 24 heavy (non-hydrogen) atoms. The van der Waals surface area contributed by atoms with Crippen molar-refractivity contribution >= 4 is 35.1 Å². The zero-order valence-electron chi connectivity index (χ0n) is 14.1. The summed E-state index contributed by atoms with van der Waals surface area (Å²) in [6, 6.07) is 6.41. The number of carbonyl (C=O) groups is 1. The van der Waals surface area contributed by atoms with Crippen LogP contribution >= 0.6 is 12.2 Å². The summed E-state index contributed by atoms with van der Waals surface area (Å²) in [6.45, 7) is 7.42. The van der Waals surface area contributed by atoms with Crippen molar-refractivity contribution in [2.45, 2.75) is 20.8 Å². The molecular formula is C19H20N2O2S. The van der Waals surface area contributed by atoms with Gasteiger partial charge in [-0.05, 0) is 68.9 Å². The van der Waals surface area contributed by atoms with Crippen LogP contribution in [0.5, 0.6) is 0 Å². The Balaban J connectivity index is 1.92. The molecule has 0 aromatic heterocycles. The van der Waals surface area contributed by atoms with Crippen molar-refractivity contribution in [2.24, 2.45) is 0 Å². The molecule has 0 atom stereocenters. The van der Waals surface area contributed by atoms with Crippen LogP contribution in [0.15, 0.2) is 47.9 Å². The predicted molar refractivity (Wildman–Crippen MR) is 100 cm³/mol. The number of amides is 1. The molecule has 0 radical (unpaired) electrons. The Morgan fingerprint density at radius 2 is 1.88 bits per heavy atom. The third kappa shape index (κ3) is 2.87. The first kappa shape index (κ1) is 16.5. The number of carbonyl (C=O) groups excluding carboxylic acids is 1. The average Bonchev–Trinajstić information content (AvgIpc) is 2.85. The minimum Gasteiger partial charge on any atom is -0.426 e. The summed E-state index contributed by atoms with van der Waals surface area (Å²) in [6.07, 6.45) is 7.75. The summed E-state index contributed by atoms with van der Waals surface area (Å²) in [5.74, 6) is 0.0896. The second-order valence-corrected chi connectivity index (χ2v) is 6.03. The van der Waals surface area contributed by atoms with Crippen LogP contribution in [-0.4, -0.2) is 29.1 Å². The number of nitrogens with zero attached hydrogens (tertiary/aromatic N) is 2. The molecule has 0 N–H and O–H groups in total. The second kappa shape index (κ2) is 6.61. The number of likely N-dealkylation sites (N-methyl/N-ethyl adjacent to an activating group) is 2. The molecule has 1 fully saturated rings. The van der Waals surface area contributed by atoms with Crippen LogP contribution in [0.3, 0.4) is 0 Å². The van der Waals surface area contributed by atoms with Crippen LogP contribution in [0.25, 0.3) is 6.08 Å². The fraction of sp³-hybridized carbons (Fsp3) is 0.263. The third-order valence-electron chi connectivity index (χ3n) is 4.13. The van der Waals surface area contributed by atoms with Gasteiger partial charge in [0.25, 0.3) is 11.1 Å². The van der Waals surface area contributed by atoms with Crippen LogP contribution in [0.2, 0.25) is 0 Å². The van der Waals surface area contributed by atoms with Gasteiger partial charge in [0.05, 0.1) is 0 Å². The number of aryl methyl sites for hydroxylation is 1. The van der Waals surface area contributed by atoms with E-state index in [1.807, 2.05) is 13.0 Å². The smallest absolute Gasteiger partial charge is 0.297 e. The van der Waals surface area contributed by atoms with Gasteiger partial charge in [-0.15, -0.1) is 0 Å². The monoisotopic (exact) mass is 340 g/mol. The maximum Gasteiger partial charge on any atom is 0.297 e. The van der Waals surface area contributed by atoms with Crippen molar-refractivity contribution in [1.82, 2.24) is 4.90 Å². The zero-order valence-corrected chi connectivity index (χ0v) is 14.9. The van der Waals surface area contributed by atoms with Crippen LogP contribution in [0.4, 0.5) is 5.69 Å². The van der Waals surface area contributed by atoms with Gasteiger partial charge in [0.2, 0.25) is 0 Å². The minimum atomic E-state index is -0.182. The molecule has 0 unspecified atom stereocenters. The molecule has 3 rings (SSSR count). The molecule has 0 aliphatic carbocycles. The molecule has 2 heterocycles. The topological polar surface area (TPSA) is 32.8 Å². The Hall–Kier alpha value is -2.40. The Kier molecular flexibility index (Phi) is 4.53. The van der Waals surface area contributed by atoms with Crippen LogP contribution < -0.4 is 4.90 Å². The largest absolute Gasteiger partial charge is 0.426 e. The quantitative estimate of drug-likeness (QED) is 0.619. The van der Waals surface area contributed by atoms with Gasteiger partial charge >= 0.3 is 0 Å². The van der Waals surface area contributed by atoms with Gasteiger partial charge in [0.15, 0.2) is 5.76 Å². The van der Waals surface area contributed by atoms with Gasteiger partial charge in [0.1, 0.15) is 0 Å². The molecule has 2 aliphatic rings. The van der Waals surface area contributed by atoms with E-state index in [2.05, 4.69) is 49.1 Å². The summed E-state index contributed by atoms with van der Waals surface area (Å²) in [4.78, 5) is 15.9. The Bertz CT molecular complexity index is 793. The number of hydrogen-bond donors (Lipinski definition) is 0. The normalized spacial score (nSPS) is 20.1. The first-order valence-corrected chi connectivity index (χ1v) is 8.48. The molecule has 124 valence electrons. The molecular weight excluding hydrogens is 320 g/mol. The molecule has 1 amide bonds. The lowest BCUT2D eigenvalue weighted by atomic mass is 10.0. The van der Waals surface area contributed by atoms with Crippen LogP contribution in [0, 0.1) is 6.92 Å². The van der Waals surface area contributed by atoms with E-state index in [1.54, 1.807) is 6.08 Å². The highest BCUT2D eigenvalue weighted by atomic mass is 32.1. The number of benzene rings is 1. The lowest BCUT2D eigenvalue weighted by Gasteiger charge is -2.29. The van der Waals surface area contributed by atoms with E-state index in [4.69, 9.17) is 17.0 Å². The van der Waals surface area contributed by atoms with Gasteiger partial charge in [-0.1, -0.05) is 17.7 Å². The lowest BCUT2D eigenvalue weighted by molar-refractivity contribution is -0.122. The van der Waals surface area contributed by atoms with Gasteiger partial charge in [-0.25, -0.2) is 0 Å². The van der Waals surface area contributed by atoms with Crippen molar-refractivity contribution in [3.8, 4) is 0 Å². The Morgan fingerprint density at radius 3 is 2.54 bits per heavy atom. The van der Waals surface area contributed by atoms with Gasteiger partial charge in [-0.2, -0.15) is 0 Å². The maximum absolute atomic E-state index is 12.2. The summed E-state index contributed by atoms with van der Waals surface area (Å²) in [7, 11) is 0. The molecule has 1 aromatic carbocycles. The molecule has 2 aliphatic heterocycles. The first-order valence-electron chi connectivity index (χ1n) is 8.07.